The highest BCUT2D eigenvalue weighted by Gasteiger charge is 2.28. The summed E-state index contributed by atoms with van der Waals surface area (Å²) in [4.78, 5) is 19.7. The molecule has 1 amide bonds. The predicted octanol–water partition coefficient (Wildman–Crippen LogP) is 3.99. The molecule has 0 bridgehead atoms. The predicted molar refractivity (Wildman–Crippen MR) is 120 cm³/mol. The second kappa shape index (κ2) is 8.86. The topological polar surface area (TPSA) is 103 Å². The van der Waals surface area contributed by atoms with Gasteiger partial charge in [0.1, 0.15) is 16.6 Å². The third-order valence-electron chi connectivity index (χ3n) is 5.54. The number of rotatable bonds is 6. The maximum Gasteiger partial charge on any atom is 0.256 e. The molecule has 0 radical (unpaired) electrons. The summed E-state index contributed by atoms with van der Waals surface area (Å²) >= 11 is 3.29. The van der Waals surface area contributed by atoms with Gasteiger partial charge in [0.05, 0.1) is 30.5 Å². The zero-order chi connectivity index (χ0) is 22.1. The molecule has 162 valence electrons. The average Bonchev–Trinajstić information content (AvgIpc) is 3.17. The molecule has 0 aliphatic carbocycles. The number of halogens is 1. The summed E-state index contributed by atoms with van der Waals surface area (Å²) in [5, 5.41) is 9.08. The van der Waals surface area contributed by atoms with Gasteiger partial charge < -0.3 is 20.1 Å². The third kappa shape index (κ3) is 4.13. The van der Waals surface area contributed by atoms with Gasteiger partial charge in [-0.2, -0.15) is 5.10 Å². The van der Waals surface area contributed by atoms with E-state index in [4.69, 9.17) is 15.2 Å². The molecule has 3 aromatic rings. The molecule has 31 heavy (non-hydrogen) atoms. The zero-order valence-electron chi connectivity index (χ0n) is 17.6. The minimum Gasteiger partial charge on any atom is -0.383 e. The van der Waals surface area contributed by atoms with E-state index in [9.17, 15) is 4.79 Å². The highest BCUT2D eigenvalue weighted by molar-refractivity contribution is 9.10. The van der Waals surface area contributed by atoms with Gasteiger partial charge in [-0.25, -0.2) is 4.98 Å². The zero-order valence-corrected chi connectivity index (χ0v) is 19.2. The van der Waals surface area contributed by atoms with E-state index in [0.29, 0.717) is 34.7 Å². The Labute approximate surface area is 188 Å². The van der Waals surface area contributed by atoms with Crippen LogP contribution in [0.3, 0.4) is 0 Å². The molecule has 1 aliphatic heterocycles. The molecule has 2 atom stereocenters. The van der Waals surface area contributed by atoms with E-state index in [0.717, 1.165) is 22.0 Å². The van der Waals surface area contributed by atoms with Crippen LogP contribution in [0.2, 0.25) is 0 Å². The molecule has 9 heteroatoms. The average molecular weight is 486 g/mol. The van der Waals surface area contributed by atoms with Crippen LogP contribution in [0.5, 0.6) is 0 Å². The van der Waals surface area contributed by atoms with E-state index in [1.54, 1.807) is 24.1 Å². The first-order valence-electron chi connectivity index (χ1n) is 10.1. The molecular formula is C22H24BrN5O3. The molecule has 4 rings (SSSR count). The van der Waals surface area contributed by atoms with Crippen LogP contribution >= 0.6 is 15.9 Å². The number of carbonyl (C=O) groups is 1. The van der Waals surface area contributed by atoms with Crippen molar-refractivity contribution in [1.29, 1.82) is 0 Å². The molecule has 2 N–H and O–H groups in total. The van der Waals surface area contributed by atoms with Crippen molar-refractivity contribution in [3.05, 3.63) is 57.3 Å². The number of hydrogen-bond donors (Lipinski definition) is 1. The van der Waals surface area contributed by atoms with E-state index < -0.39 is 6.23 Å². The van der Waals surface area contributed by atoms with Crippen LogP contribution in [-0.4, -0.2) is 39.3 Å². The van der Waals surface area contributed by atoms with Crippen LogP contribution in [0.25, 0.3) is 10.9 Å². The number of anilines is 1. The summed E-state index contributed by atoms with van der Waals surface area (Å²) in [6.07, 6.45) is 0.127. The lowest BCUT2D eigenvalue weighted by molar-refractivity contribution is -0.0267. The van der Waals surface area contributed by atoms with Gasteiger partial charge in [0.15, 0.2) is 0 Å². The Kier molecular flexibility index (Phi) is 6.17. The molecule has 1 aromatic carbocycles. The van der Waals surface area contributed by atoms with Crippen LogP contribution in [0.15, 0.2) is 34.9 Å². The first-order chi connectivity index (χ1) is 14.9. The van der Waals surface area contributed by atoms with Gasteiger partial charge >= 0.3 is 0 Å². The van der Waals surface area contributed by atoms with E-state index in [1.165, 1.54) is 0 Å². The largest absolute Gasteiger partial charge is 0.383 e. The highest BCUT2D eigenvalue weighted by atomic mass is 79.9. The van der Waals surface area contributed by atoms with Gasteiger partial charge in [0, 0.05) is 23.6 Å². The van der Waals surface area contributed by atoms with Crippen molar-refractivity contribution in [2.45, 2.75) is 45.8 Å². The third-order valence-corrected chi connectivity index (χ3v) is 5.97. The molecule has 0 saturated heterocycles. The van der Waals surface area contributed by atoms with Crippen molar-refractivity contribution in [2.75, 3.05) is 12.8 Å². The molecule has 0 fully saturated rings. The fourth-order valence-corrected chi connectivity index (χ4v) is 4.20. The number of pyridine rings is 1. The molecular weight excluding hydrogens is 462 g/mol. The fraction of sp³-hybridized carbons (Fsp3) is 0.364. The summed E-state index contributed by atoms with van der Waals surface area (Å²) in [6, 6.07) is 9.10. The first-order valence-corrected chi connectivity index (χ1v) is 10.9. The summed E-state index contributed by atoms with van der Waals surface area (Å²) < 4.78 is 12.0. The first kappa shape index (κ1) is 21.6. The number of nitrogens with two attached hydrogens (primary N) is 1. The van der Waals surface area contributed by atoms with Gasteiger partial charge in [0.25, 0.3) is 5.91 Å². The molecule has 1 unspecified atom stereocenters. The number of amides is 1. The van der Waals surface area contributed by atoms with Gasteiger partial charge in [-0.15, -0.1) is 5.10 Å². The second-order valence-corrected chi connectivity index (χ2v) is 8.27. The summed E-state index contributed by atoms with van der Waals surface area (Å²) in [7, 11) is 1.60. The fourth-order valence-electron chi connectivity index (χ4n) is 3.99. The molecule has 3 heterocycles. The van der Waals surface area contributed by atoms with Crippen molar-refractivity contribution in [3.63, 3.8) is 0 Å². The Morgan fingerprint density at radius 1 is 1.35 bits per heavy atom. The molecule has 8 nitrogen and oxygen atoms in total. The van der Waals surface area contributed by atoms with Crippen molar-refractivity contribution in [1.82, 2.24) is 20.1 Å². The van der Waals surface area contributed by atoms with Gasteiger partial charge in [-0.05, 0) is 65.2 Å². The van der Waals surface area contributed by atoms with Crippen LogP contribution in [0.1, 0.15) is 53.6 Å². The van der Waals surface area contributed by atoms with Crippen molar-refractivity contribution >= 4 is 38.6 Å². The Balaban J connectivity index is 1.74. The molecule has 2 aromatic heterocycles. The number of ether oxygens (including phenoxy) is 2. The Hall–Kier alpha value is -2.62. The SMILES string of the molecule is CCC(OC)N(Cc1ccc(Br)nn1)C(=O)c1ccc2nc(N)c3c(c2c1)CO[C@@H]3C. The number of fused-ring (bicyclic) bond motifs is 3. The van der Waals surface area contributed by atoms with Crippen LogP contribution in [0, 0.1) is 0 Å². The summed E-state index contributed by atoms with van der Waals surface area (Å²) in [5.41, 5.74) is 10.0. The highest BCUT2D eigenvalue weighted by Crippen LogP contribution is 2.38. The van der Waals surface area contributed by atoms with Gasteiger partial charge in [-0.3, -0.25) is 4.79 Å². The minimum atomic E-state index is -0.396. The van der Waals surface area contributed by atoms with Crippen LogP contribution < -0.4 is 5.73 Å². The standard InChI is InChI=1S/C22H24BrN5O3/c1-4-19(30-3)28(10-14-6-8-18(23)27-26-14)22(29)13-5-7-17-15(9-13)16-11-31-12(2)20(16)21(24)25-17/h5-9,12,19H,4,10-11H2,1-3H3,(H2,24,25)/t12-,19?/m1/s1. The number of nitrogen functional groups attached to an aromatic ring is 1. The molecule has 0 saturated carbocycles. The van der Waals surface area contributed by atoms with Gasteiger partial charge in [-0.1, -0.05) is 6.92 Å². The van der Waals surface area contributed by atoms with E-state index in [-0.39, 0.29) is 18.6 Å². The van der Waals surface area contributed by atoms with E-state index in [2.05, 4.69) is 31.1 Å². The molecule has 1 aliphatic rings. The maximum atomic E-state index is 13.6. The lowest BCUT2D eigenvalue weighted by atomic mass is 10.00. The number of benzene rings is 1. The number of methoxy groups -OCH3 is 1. The van der Waals surface area contributed by atoms with Crippen molar-refractivity contribution in [2.24, 2.45) is 0 Å². The Morgan fingerprint density at radius 2 is 2.16 bits per heavy atom. The van der Waals surface area contributed by atoms with E-state index in [1.807, 2.05) is 32.0 Å². The normalized spacial score (nSPS) is 16.3. The lowest BCUT2D eigenvalue weighted by Gasteiger charge is -2.30. The smallest absolute Gasteiger partial charge is 0.256 e. The Morgan fingerprint density at radius 3 is 2.84 bits per heavy atom. The quantitative estimate of drug-likeness (QED) is 0.526. The minimum absolute atomic E-state index is 0.114. The Bertz CT molecular complexity index is 1120. The van der Waals surface area contributed by atoms with Crippen LogP contribution in [-0.2, 0) is 22.6 Å². The van der Waals surface area contributed by atoms with Crippen LogP contribution in [0.4, 0.5) is 5.82 Å². The van der Waals surface area contributed by atoms with E-state index >= 15 is 0 Å². The molecule has 0 spiro atoms. The lowest BCUT2D eigenvalue weighted by Crippen LogP contribution is -2.41. The van der Waals surface area contributed by atoms with Crippen molar-refractivity contribution < 1.29 is 14.3 Å². The summed E-state index contributed by atoms with van der Waals surface area (Å²) in [5.74, 6) is 0.324. The maximum absolute atomic E-state index is 13.6. The summed E-state index contributed by atoms with van der Waals surface area (Å²) in [6.45, 7) is 4.66. The number of aromatic nitrogens is 3. The number of nitrogens with zero attached hydrogens (tertiary/aromatic N) is 4. The van der Waals surface area contributed by atoms with Crippen molar-refractivity contribution in [3.8, 4) is 0 Å². The monoisotopic (exact) mass is 485 g/mol. The second-order valence-electron chi connectivity index (χ2n) is 7.45. The number of hydrogen-bond acceptors (Lipinski definition) is 7. The van der Waals surface area contributed by atoms with Gasteiger partial charge in [0.2, 0.25) is 0 Å². The number of carbonyl (C=O) groups excluding carboxylic acids is 1.